The molecule has 1 heterocycles. The van der Waals surface area contributed by atoms with Crippen LogP contribution in [0.3, 0.4) is 0 Å². The predicted octanol–water partition coefficient (Wildman–Crippen LogP) is 0.474. The SMILES string of the molecule is O=C1NC(=O)c2c([N+]([O-])(O)O)c([N+]([O-])(O)O)c([N+]([O-])(O)O)c3cccc1c23. The largest absolute Gasteiger partial charge is 0.559 e. The van der Waals surface area contributed by atoms with Gasteiger partial charge in [0.05, 0.1) is 5.39 Å². The summed E-state index contributed by atoms with van der Waals surface area (Å²) in [5.74, 6) is -2.51. The Morgan fingerprint density at radius 2 is 1.26 bits per heavy atom. The minimum absolute atomic E-state index is 0.419. The first-order valence-corrected chi connectivity index (χ1v) is 6.82. The number of imide groups is 1. The maximum Gasteiger partial charge on any atom is 0.336 e. The summed E-state index contributed by atoms with van der Waals surface area (Å²) in [5, 5.41) is 92.1. The first-order chi connectivity index (χ1) is 12.2. The molecule has 1 aliphatic heterocycles. The van der Waals surface area contributed by atoms with E-state index in [9.17, 15) is 56.5 Å². The lowest BCUT2D eigenvalue weighted by Crippen LogP contribution is -2.47. The van der Waals surface area contributed by atoms with Crippen molar-refractivity contribution < 1.29 is 40.8 Å². The van der Waals surface area contributed by atoms with Gasteiger partial charge in [0.25, 0.3) is 23.2 Å². The highest BCUT2D eigenvalue weighted by Gasteiger charge is 2.50. The third-order valence-electron chi connectivity index (χ3n) is 3.83. The Labute approximate surface area is 146 Å². The molecule has 0 spiro atoms. The van der Waals surface area contributed by atoms with Crippen LogP contribution in [0.15, 0.2) is 18.2 Å². The Kier molecular flexibility index (Phi) is 3.85. The van der Waals surface area contributed by atoms with E-state index in [4.69, 9.17) is 0 Å². The van der Waals surface area contributed by atoms with Gasteiger partial charge < -0.3 is 15.6 Å². The van der Waals surface area contributed by atoms with Crippen molar-refractivity contribution in [3.63, 3.8) is 0 Å². The highest BCUT2D eigenvalue weighted by atomic mass is 17.1. The summed E-state index contributed by atoms with van der Waals surface area (Å²) in [6.07, 6.45) is 0. The van der Waals surface area contributed by atoms with E-state index in [0.29, 0.717) is 0 Å². The van der Waals surface area contributed by atoms with Crippen LogP contribution < -0.4 is 20.2 Å². The Hall–Kier alpha value is -2.64. The standard InChI is InChI=1S/C12H10N4O11/c17-11-5-3-1-2-4-6(5)7(12(18)13-11)9(15(22,23)24)10(16(25,26)27)8(4)14(19,20)21/h1-3,19-20,22-23,25-26H,(H,13,17,18). The van der Waals surface area contributed by atoms with E-state index in [-0.39, 0.29) is 0 Å². The number of carbonyl (C=O) groups excluding carboxylic acids is 2. The van der Waals surface area contributed by atoms with Crippen molar-refractivity contribution in [3.8, 4) is 0 Å². The van der Waals surface area contributed by atoms with Crippen LogP contribution in [0.4, 0.5) is 17.1 Å². The molecule has 0 saturated heterocycles. The Balaban J connectivity index is 2.77. The quantitative estimate of drug-likeness (QED) is 0.217. The van der Waals surface area contributed by atoms with Gasteiger partial charge in [0.15, 0.2) is 0 Å². The zero-order valence-corrected chi connectivity index (χ0v) is 12.8. The molecule has 2 aromatic carbocycles. The minimum atomic E-state index is -3.72. The second-order valence-corrected chi connectivity index (χ2v) is 5.56. The molecule has 7 N–H and O–H groups in total. The van der Waals surface area contributed by atoms with Gasteiger partial charge in [-0.2, -0.15) is 31.2 Å². The van der Waals surface area contributed by atoms with Crippen LogP contribution >= 0.6 is 0 Å². The van der Waals surface area contributed by atoms with E-state index in [1.54, 1.807) is 5.32 Å². The highest BCUT2D eigenvalue weighted by molar-refractivity contribution is 6.30. The topological polar surface area (TPSA) is 237 Å². The van der Waals surface area contributed by atoms with Crippen LogP contribution in [0, 0.1) is 15.6 Å². The molecule has 2 amide bonds. The monoisotopic (exact) mass is 386 g/mol. The molecule has 15 nitrogen and oxygen atoms in total. The summed E-state index contributed by atoms with van der Waals surface area (Å²) in [5.41, 5.74) is -6.92. The smallest absolute Gasteiger partial charge is 0.336 e. The maximum atomic E-state index is 12.2. The van der Waals surface area contributed by atoms with Gasteiger partial charge in [-0.1, -0.05) is 6.07 Å². The molecule has 0 aliphatic carbocycles. The van der Waals surface area contributed by atoms with Gasteiger partial charge >= 0.3 is 5.69 Å². The number of benzene rings is 2. The number of amides is 2. The molecule has 0 fully saturated rings. The van der Waals surface area contributed by atoms with Crippen molar-refractivity contribution in [1.29, 1.82) is 0 Å². The van der Waals surface area contributed by atoms with Crippen molar-refractivity contribution in [1.82, 2.24) is 20.2 Å². The van der Waals surface area contributed by atoms with Gasteiger partial charge in [-0.25, -0.2) is 0 Å². The molecule has 0 atom stereocenters. The van der Waals surface area contributed by atoms with E-state index < -0.39 is 65.7 Å². The van der Waals surface area contributed by atoms with Crippen LogP contribution in [-0.2, 0) is 0 Å². The molecular weight excluding hydrogens is 376 g/mol. The molecule has 0 radical (unpaired) electrons. The molecular formula is C12H10N4O11. The molecule has 27 heavy (non-hydrogen) atoms. The summed E-state index contributed by atoms with van der Waals surface area (Å²) in [7, 11) is 0. The first kappa shape index (κ1) is 19.1. The predicted molar refractivity (Wildman–Crippen MR) is 81.9 cm³/mol. The summed E-state index contributed by atoms with van der Waals surface area (Å²) in [6.45, 7) is 0. The normalized spacial score (nSPS) is 15.3. The van der Waals surface area contributed by atoms with Gasteiger partial charge in [-0.3, -0.25) is 14.9 Å². The van der Waals surface area contributed by atoms with Gasteiger partial charge in [-0.15, -0.1) is 0 Å². The number of hydrogen-bond acceptors (Lipinski definition) is 11. The van der Waals surface area contributed by atoms with Crippen LogP contribution in [0.1, 0.15) is 20.7 Å². The van der Waals surface area contributed by atoms with Crippen molar-refractivity contribution in [2.45, 2.75) is 0 Å². The fourth-order valence-electron chi connectivity index (χ4n) is 2.99. The van der Waals surface area contributed by atoms with E-state index >= 15 is 0 Å². The summed E-state index contributed by atoms with van der Waals surface area (Å²) in [4.78, 5) is 13.3. The molecule has 0 saturated carbocycles. The molecule has 0 aromatic heterocycles. The number of nitrogens with zero attached hydrogens (tertiary/aromatic N) is 3. The van der Waals surface area contributed by atoms with Gasteiger partial charge in [0.2, 0.25) is 0 Å². The van der Waals surface area contributed by atoms with E-state index in [1.807, 2.05) is 0 Å². The molecule has 0 bridgehead atoms. The average Bonchev–Trinajstić information content (AvgIpc) is 2.47. The number of carbonyl (C=O) groups is 2. The summed E-state index contributed by atoms with van der Waals surface area (Å²) < 4.78 is 0. The molecule has 3 rings (SSSR count). The molecule has 0 unspecified atom stereocenters. The average molecular weight is 386 g/mol. The third kappa shape index (κ3) is 2.83. The third-order valence-corrected chi connectivity index (χ3v) is 3.83. The van der Waals surface area contributed by atoms with E-state index in [0.717, 1.165) is 18.2 Å². The lowest BCUT2D eigenvalue weighted by molar-refractivity contribution is -0.277. The number of nitrogens with one attached hydrogen (secondary N) is 1. The molecule has 1 aliphatic rings. The van der Waals surface area contributed by atoms with Crippen LogP contribution in [0.2, 0.25) is 0 Å². The zero-order chi connectivity index (χ0) is 20.5. The van der Waals surface area contributed by atoms with Gasteiger partial charge in [-0.05, 0) is 27.1 Å². The highest BCUT2D eigenvalue weighted by Crippen LogP contribution is 2.51. The van der Waals surface area contributed by atoms with Crippen LogP contribution in [-0.4, -0.2) is 43.1 Å². The number of hydrogen-bond donors (Lipinski definition) is 7. The van der Waals surface area contributed by atoms with Crippen molar-refractivity contribution in [2.24, 2.45) is 0 Å². The number of quaternary nitrogens is 3. The van der Waals surface area contributed by atoms with Crippen LogP contribution in [0.5, 0.6) is 0 Å². The summed E-state index contributed by atoms with van der Waals surface area (Å²) >= 11 is 0. The first-order valence-electron chi connectivity index (χ1n) is 6.82. The Morgan fingerprint density at radius 3 is 1.74 bits per heavy atom. The lowest BCUT2D eigenvalue weighted by Gasteiger charge is -2.35. The lowest BCUT2D eigenvalue weighted by atomic mass is 9.91. The zero-order valence-electron chi connectivity index (χ0n) is 12.8. The van der Waals surface area contributed by atoms with Crippen molar-refractivity contribution in [2.75, 3.05) is 0 Å². The van der Waals surface area contributed by atoms with E-state index in [2.05, 4.69) is 0 Å². The fraction of sp³-hybridized carbons (Fsp3) is 0. The Morgan fingerprint density at radius 1 is 0.741 bits per heavy atom. The van der Waals surface area contributed by atoms with Crippen LogP contribution in [0.25, 0.3) is 10.8 Å². The van der Waals surface area contributed by atoms with Crippen molar-refractivity contribution in [3.05, 3.63) is 44.9 Å². The Bertz CT molecular complexity index is 1000. The minimum Gasteiger partial charge on any atom is -0.559 e. The molecule has 2 aromatic rings. The molecule has 15 heteroatoms. The molecule has 144 valence electrons. The second kappa shape index (κ2) is 5.43. The van der Waals surface area contributed by atoms with Gasteiger partial charge in [0, 0.05) is 10.9 Å². The fourth-order valence-corrected chi connectivity index (χ4v) is 2.99. The second-order valence-electron chi connectivity index (χ2n) is 5.56. The van der Waals surface area contributed by atoms with Crippen molar-refractivity contribution >= 4 is 39.6 Å². The summed E-state index contributed by atoms with van der Waals surface area (Å²) in [6, 6.07) is 3.03. The number of rotatable bonds is 3. The van der Waals surface area contributed by atoms with Gasteiger partial charge in [0.1, 0.15) is 5.56 Å². The van der Waals surface area contributed by atoms with E-state index in [1.165, 1.54) is 0 Å². The maximum absolute atomic E-state index is 12.2.